The zero-order valence-corrected chi connectivity index (χ0v) is 19.6. The zero-order chi connectivity index (χ0) is 21.4. The number of rotatable bonds is 17. The van der Waals surface area contributed by atoms with Gasteiger partial charge in [-0.25, -0.2) is 0 Å². The third-order valence-electron chi connectivity index (χ3n) is 7.09. The lowest BCUT2D eigenvalue weighted by Gasteiger charge is -2.30. The van der Waals surface area contributed by atoms with Crippen LogP contribution >= 0.6 is 0 Å². The van der Waals surface area contributed by atoms with Crippen LogP contribution in [0.4, 0.5) is 0 Å². The summed E-state index contributed by atoms with van der Waals surface area (Å²) in [6.07, 6.45) is 29.4. The Bertz CT molecular complexity index is 557. The summed E-state index contributed by atoms with van der Waals surface area (Å²) in [4.78, 5) is 25.2. The van der Waals surface area contributed by atoms with E-state index in [2.05, 4.69) is 13.0 Å². The third kappa shape index (κ3) is 9.31. The second-order valence-electron chi connectivity index (χ2n) is 9.64. The molecule has 2 nitrogen and oxygen atoms in total. The highest BCUT2D eigenvalue weighted by molar-refractivity contribution is 6.11. The van der Waals surface area contributed by atoms with Crippen LogP contribution in [0.2, 0.25) is 0 Å². The average Bonchev–Trinajstić information content (AvgIpc) is 2.76. The van der Waals surface area contributed by atoms with Crippen molar-refractivity contribution >= 4 is 11.6 Å². The van der Waals surface area contributed by atoms with Crippen LogP contribution in [0.5, 0.6) is 0 Å². The number of hydrogen-bond donors (Lipinski definition) is 0. The second kappa shape index (κ2) is 15.6. The Balaban J connectivity index is 1.40. The van der Waals surface area contributed by atoms with Gasteiger partial charge in [-0.05, 0) is 37.2 Å². The lowest BCUT2D eigenvalue weighted by molar-refractivity contribution is -0.132. The highest BCUT2D eigenvalue weighted by atomic mass is 16.2. The standard InChI is InChI=1S/C28H46O2/c1-2-3-4-5-6-7-8-9-10-11-12-13-14-15-16-21-27(29)26-23-22-24-19-17-18-20-25(24)28(26)30/h17-18,20,24,26H,2-16,19,21-23H2,1H3. The molecule has 1 saturated carbocycles. The smallest absolute Gasteiger partial charge is 0.169 e. The van der Waals surface area contributed by atoms with E-state index in [1.54, 1.807) is 0 Å². The summed E-state index contributed by atoms with van der Waals surface area (Å²) >= 11 is 0. The first-order chi connectivity index (χ1) is 14.7. The maximum absolute atomic E-state index is 12.6. The maximum atomic E-state index is 12.6. The quantitative estimate of drug-likeness (QED) is 0.177. The molecule has 0 radical (unpaired) electrons. The van der Waals surface area contributed by atoms with Crippen molar-refractivity contribution in [3.05, 3.63) is 23.8 Å². The molecule has 30 heavy (non-hydrogen) atoms. The van der Waals surface area contributed by atoms with Gasteiger partial charge >= 0.3 is 0 Å². The van der Waals surface area contributed by atoms with Crippen LogP contribution in [0.3, 0.4) is 0 Å². The Hall–Kier alpha value is -1.18. The first-order valence-corrected chi connectivity index (χ1v) is 13.2. The molecule has 2 atom stereocenters. The fourth-order valence-corrected chi connectivity index (χ4v) is 5.09. The molecule has 0 spiro atoms. The second-order valence-corrected chi connectivity index (χ2v) is 9.64. The molecule has 0 amide bonds. The molecule has 2 rings (SSSR count). The number of hydrogen-bond acceptors (Lipinski definition) is 2. The lowest BCUT2D eigenvalue weighted by atomic mass is 9.72. The van der Waals surface area contributed by atoms with Gasteiger partial charge < -0.3 is 0 Å². The van der Waals surface area contributed by atoms with E-state index < -0.39 is 0 Å². The van der Waals surface area contributed by atoms with E-state index in [4.69, 9.17) is 0 Å². The fourth-order valence-electron chi connectivity index (χ4n) is 5.09. The zero-order valence-electron chi connectivity index (χ0n) is 19.6. The Morgan fingerprint density at radius 3 is 1.90 bits per heavy atom. The van der Waals surface area contributed by atoms with Crippen molar-refractivity contribution < 1.29 is 9.59 Å². The van der Waals surface area contributed by atoms with Crippen molar-refractivity contribution in [2.45, 2.75) is 129 Å². The predicted molar refractivity (Wildman–Crippen MR) is 128 cm³/mol. The summed E-state index contributed by atoms with van der Waals surface area (Å²) in [5, 5.41) is 0. The van der Waals surface area contributed by atoms with E-state index in [0.717, 1.165) is 37.7 Å². The van der Waals surface area contributed by atoms with Crippen molar-refractivity contribution in [1.82, 2.24) is 0 Å². The first kappa shape index (κ1) is 25.1. The normalized spacial score (nSPS) is 20.8. The molecule has 2 aliphatic carbocycles. The first-order valence-electron chi connectivity index (χ1n) is 13.2. The van der Waals surface area contributed by atoms with Crippen LogP contribution in [0.1, 0.15) is 129 Å². The summed E-state index contributed by atoms with van der Waals surface area (Å²) in [6.45, 7) is 2.28. The van der Waals surface area contributed by atoms with Gasteiger partial charge in [0.15, 0.2) is 5.78 Å². The molecule has 2 heteroatoms. The van der Waals surface area contributed by atoms with Gasteiger partial charge in [0.05, 0.1) is 5.92 Å². The maximum Gasteiger partial charge on any atom is 0.169 e. The van der Waals surface area contributed by atoms with Crippen molar-refractivity contribution in [2.75, 3.05) is 0 Å². The van der Waals surface area contributed by atoms with Gasteiger partial charge in [0.25, 0.3) is 0 Å². The van der Waals surface area contributed by atoms with E-state index >= 15 is 0 Å². The van der Waals surface area contributed by atoms with E-state index in [9.17, 15) is 9.59 Å². The molecule has 1 fully saturated rings. The van der Waals surface area contributed by atoms with Gasteiger partial charge in [0, 0.05) is 6.42 Å². The van der Waals surface area contributed by atoms with E-state index in [1.807, 2.05) is 12.2 Å². The summed E-state index contributed by atoms with van der Waals surface area (Å²) < 4.78 is 0. The molecule has 0 aromatic rings. The summed E-state index contributed by atoms with van der Waals surface area (Å²) in [5.74, 6) is 0.355. The van der Waals surface area contributed by atoms with E-state index in [-0.39, 0.29) is 17.5 Å². The lowest BCUT2D eigenvalue weighted by Crippen LogP contribution is -2.33. The summed E-state index contributed by atoms with van der Waals surface area (Å²) in [6, 6.07) is 0. The Morgan fingerprint density at radius 2 is 1.33 bits per heavy atom. The summed E-state index contributed by atoms with van der Waals surface area (Å²) in [7, 11) is 0. The van der Waals surface area contributed by atoms with Gasteiger partial charge in [0.2, 0.25) is 0 Å². The van der Waals surface area contributed by atoms with Crippen molar-refractivity contribution in [1.29, 1.82) is 0 Å². The summed E-state index contributed by atoms with van der Waals surface area (Å²) in [5.41, 5.74) is 0.915. The van der Waals surface area contributed by atoms with Crippen molar-refractivity contribution in [3.8, 4) is 0 Å². The molecule has 170 valence electrons. The molecule has 0 aromatic heterocycles. The highest BCUT2D eigenvalue weighted by Gasteiger charge is 2.36. The van der Waals surface area contributed by atoms with Crippen LogP contribution in [0, 0.1) is 11.8 Å². The van der Waals surface area contributed by atoms with Gasteiger partial charge in [-0.3, -0.25) is 9.59 Å². The number of allylic oxidation sites excluding steroid dienone is 4. The highest BCUT2D eigenvalue weighted by Crippen LogP contribution is 2.36. The number of carbonyl (C=O) groups excluding carboxylic acids is 2. The Kier molecular flexibility index (Phi) is 13.0. The average molecular weight is 415 g/mol. The minimum atomic E-state index is -0.342. The van der Waals surface area contributed by atoms with Crippen LogP contribution in [-0.4, -0.2) is 11.6 Å². The predicted octanol–water partition coefficient (Wildman–Crippen LogP) is 8.30. The number of carbonyl (C=O) groups is 2. The molecule has 2 aliphatic rings. The Labute approximate surface area is 186 Å². The van der Waals surface area contributed by atoms with Crippen LogP contribution in [0.15, 0.2) is 23.8 Å². The largest absolute Gasteiger partial charge is 0.299 e. The van der Waals surface area contributed by atoms with Crippen LogP contribution in [0.25, 0.3) is 0 Å². The number of ketones is 2. The number of unbranched alkanes of at least 4 members (excludes halogenated alkanes) is 14. The Morgan fingerprint density at radius 1 is 0.800 bits per heavy atom. The van der Waals surface area contributed by atoms with Gasteiger partial charge in [-0.15, -0.1) is 0 Å². The monoisotopic (exact) mass is 414 g/mol. The molecular weight excluding hydrogens is 368 g/mol. The van der Waals surface area contributed by atoms with E-state index in [1.165, 1.54) is 83.5 Å². The van der Waals surface area contributed by atoms with Crippen molar-refractivity contribution in [2.24, 2.45) is 11.8 Å². The number of fused-ring (bicyclic) bond motifs is 1. The van der Waals surface area contributed by atoms with E-state index in [0.29, 0.717) is 12.3 Å². The molecule has 0 saturated heterocycles. The molecule has 0 N–H and O–H groups in total. The third-order valence-corrected chi connectivity index (χ3v) is 7.09. The van der Waals surface area contributed by atoms with Gasteiger partial charge in [0.1, 0.15) is 5.78 Å². The van der Waals surface area contributed by atoms with Crippen molar-refractivity contribution in [3.63, 3.8) is 0 Å². The minimum absolute atomic E-state index is 0.126. The topological polar surface area (TPSA) is 34.1 Å². The molecule has 0 aromatic carbocycles. The van der Waals surface area contributed by atoms with Crippen LogP contribution in [-0.2, 0) is 9.59 Å². The SMILES string of the molecule is CCCCCCCCCCCCCCCCCC(=O)C1CCC2CC=CC=C2C1=O. The number of Topliss-reactive ketones (excluding diaryl/α,β-unsaturated/α-hetero) is 2. The molecular formula is C28H46O2. The molecule has 2 unspecified atom stereocenters. The molecule has 0 heterocycles. The molecule has 0 bridgehead atoms. The minimum Gasteiger partial charge on any atom is -0.299 e. The van der Waals surface area contributed by atoms with Gasteiger partial charge in [-0.1, -0.05) is 115 Å². The van der Waals surface area contributed by atoms with Crippen LogP contribution < -0.4 is 0 Å². The fraction of sp³-hybridized carbons (Fsp3) is 0.786. The van der Waals surface area contributed by atoms with Gasteiger partial charge in [-0.2, -0.15) is 0 Å². The molecule has 0 aliphatic heterocycles.